The van der Waals surface area contributed by atoms with Gasteiger partial charge in [-0.05, 0) is 31.6 Å². The fraction of sp³-hybridized carbons (Fsp3) is 0.154. The summed E-state index contributed by atoms with van der Waals surface area (Å²) in [7, 11) is 0. The van der Waals surface area contributed by atoms with Gasteiger partial charge in [-0.2, -0.15) is 0 Å². The number of rotatable bonds is 2. The lowest BCUT2D eigenvalue weighted by molar-refractivity contribution is -0.132. The van der Waals surface area contributed by atoms with Gasteiger partial charge >= 0.3 is 5.97 Å². The second-order valence-electron chi connectivity index (χ2n) is 4.03. The van der Waals surface area contributed by atoms with Crippen LogP contribution in [0.15, 0.2) is 23.8 Å². The molecule has 0 saturated heterocycles. The van der Waals surface area contributed by atoms with Crippen molar-refractivity contribution >= 4 is 34.5 Å². The van der Waals surface area contributed by atoms with E-state index in [0.29, 0.717) is 5.15 Å². The highest BCUT2D eigenvalue weighted by Crippen LogP contribution is 2.28. The Balaban J connectivity index is 2.65. The van der Waals surface area contributed by atoms with Gasteiger partial charge in [0, 0.05) is 22.0 Å². The number of aliphatic carboxylic acids is 1. The highest BCUT2D eigenvalue weighted by Gasteiger charge is 2.09. The lowest BCUT2D eigenvalue weighted by atomic mass is 10.1. The molecule has 88 valence electrons. The van der Waals surface area contributed by atoms with E-state index in [1.807, 2.05) is 25.1 Å². The predicted molar refractivity (Wildman–Crippen MR) is 69.3 cm³/mol. The number of hydrogen-bond acceptors (Lipinski definition) is 1. The summed E-state index contributed by atoms with van der Waals surface area (Å²) in [6, 6.07) is 5.89. The van der Waals surface area contributed by atoms with Crippen LogP contribution < -0.4 is 0 Å². The SMILES string of the molecule is C/C(=C\c1c(Cl)[nH]c2cc(C)ccc12)C(=O)O. The minimum atomic E-state index is -0.942. The molecule has 2 aromatic rings. The zero-order valence-corrected chi connectivity index (χ0v) is 10.3. The number of nitrogens with one attached hydrogen (secondary N) is 1. The standard InChI is InChI=1S/C13H12ClNO2/c1-7-3-4-9-10(6-8(2)13(16)17)12(14)15-11(9)5-7/h3-6,15H,1-2H3,(H,16,17)/b8-6+. The van der Waals surface area contributed by atoms with Crippen LogP contribution in [-0.2, 0) is 4.79 Å². The first-order valence-corrected chi connectivity index (χ1v) is 5.56. The van der Waals surface area contributed by atoms with Crippen LogP contribution in [-0.4, -0.2) is 16.1 Å². The molecule has 0 aliphatic heterocycles. The summed E-state index contributed by atoms with van der Waals surface area (Å²) in [6.45, 7) is 3.54. The lowest BCUT2D eigenvalue weighted by Gasteiger charge is -1.96. The number of aromatic amines is 1. The molecule has 0 aliphatic carbocycles. The summed E-state index contributed by atoms with van der Waals surface area (Å²) in [5.74, 6) is -0.942. The molecule has 0 spiro atoms. The minimum Gasteiger partial charge on any atom is -0.478 e. The third kappa shape index (κ3) is 2.19. The Kier molecular flexibility index (Phi) is 2.94. The molecule has 4 heteroatoms. The Labute approximate surface area is 104 Å². The van der Waals surface area contributed by atoms with Gasteiger partial charge in [-0.15, -0.1) is 0 Å². The average Bonchev–Trinajstić information content (AvgIpc) is 2.54. The Morgan fingerprint density at radius 3 is 2.82 bits per heavy atom. The number of carbonyl (C=O) groups is 1. The van der Waals surface area contributed by atoms with Crippen molar-refractivity contribution in [1.29, 1.82) is 0 Å². The van der Waals surface area contributed by atoms with Crippen LogP contribution in [0.4, 0.5) is 0 Å². The molecule has 2 rings (SSSR count). The number of H-pyrrole nitrogens is 1. The van der Waals surface area contributed by atoms with Crippen LogP contribution >= 0.6 is 11.6 Å². The fourth-order valence-electron chi connectivity index (χ4n) is 1.72. The molecule has 1 aromatic carbocycles. The molecule has 1 aromatic heterocycles. The molecule has 0 atom stereocenters. The first-order chi connectivity index (χ1) is 7.99. The number of fused-ring (bicyclic) bond motifs is 1. The number of benzene rings is 1. The molecule has 2 N–H and O–H groups in total. The van der Waals surface area contributed by atoms with Crippen LogP contribution in [0.1, 0.15) is 18.1 Å². The molecular weight excluding hydrogens is 238 g/mol. The predicted octanol–water partition coefficient (Wildman–Crippen LogP) is 3.62. The van der Waals surface area contributed by atoms with E-state index in [1.165, 1.54) is 0 Å². The van der Waals surface area contributed by atoms with E-state index in [1.54, 1.807) is 13.0 Å². The molecule has 3 nitrogen and oxygen atoms in total. The molecule has 0 fully saturated rings. The third-order valence-corrected chi connectivity index (χ3v) is 2.94. The van der Waals surface area contributed by atoms with Gasteiger partial charge in [0.1, 0.15) is 5.15 Å². The first-order valence-electron chi connectivity index (χ1n) is 5.18. The second kappa shape index (κ2) is 4.26. The van der Waals surface area contributed by atoms with E-state index < -0.39 is 5.97 Å². The Morgan fingerprint density at radius 1 is 1.47 bits per heavy atom. The number of aromatic nitrogens is 1. The van der Waals surface area contributed by atoms with Gasteiger partial charge < -0.3 is 10.1 Å². The Morgan fingerprint density at radius 2 is 2.18 bits per heavy atom. The maximum Gasteiger partial charge on any atom is 0.331 e. The summed E-state index contributed by atoms with van der Waals surface area (Å²) in [6.07, 6.45) is 1.58. The lowest BCUT2D eigenvalue weighted by Crippen LogP contribution is -1.95. The van der Waals surface area contributed by atoms with Crippen molar-refractivity contribution < 1.29 is 9.90 Å². The summed E-state index contributed by atoms with van der Waals surface area (Å²) in [5, 5.41) is 10.3. The molecule has 17 heavy (non-hydrogen) atoms. The van der Waals surface area contributed by atoms with Crippen LogP contribution in [0.25, 0.3) is 17.0 Å². The Hall–Kier alpha value is -1.74. The molecule has 0 unspecified atom stereocenters. The van der Waals surface area contributed by atoms with Gasteiger partial charge in [0.15, 0.2) is 0 Å². The molecule has 0 bridgehead atoms. The van der Waals surface area contributed by atoms with Gasteiger partial charge in [-0.1, -0.05) is 23.7 Å². The second-order valence-corrected chi connectivity index (χ2v) is 4.41. The molecule has 0 radical (unpaired) electrons. The van der Waals surface area contributed by atoms with E-state index in [-0.39, 0.29) is 5.57 Å². The highest BCUT2D eigenvalue weighted by molar-refractivity contribution is 6.32. The van der Waals surface area contributed by atoms with Crippen molar-refractivity contribution in [3.05, 3.63) is 40.1 Å². The monoisotopic (exact) mass is 249 g/mol. The minimum absolute atomic E-state index is 0.258. The van der Waals surface area contributed by atoms with E-state index in [4.69, 9.17) is 16.7 Å². The number of carboxylic acid groups (broad SMARTS) is 1. The van der Waals surface area contributed by atoms with Crippen molar-refractivity contribution in [2.45, 2.75) is 13.8 Å². The maximum atomic E-state index is 10.8. The van der Waals surface area contributed by atoms with Crippen molar-refractivity contribution in [3.8, 4) is 0 Å². The average molecular weight is 250 g/mol. The first kappa shape index (κ1) is 11.7. The van der Waals surface area contributed by atoms with E-state index >= 15 is 0 Å². The van der Waals surface area contributed by atoms with Gasteiger partial charge in [0.25, 0.3) is 0 Å². The van der Waals surface area contributed by atoms with Crippen LogP contribution in [0.5, 0.6) is 0 Å². The smallest absolute Gasteiger partial charge is 0.331 e. The molecule has 0 saturated carbocycles. The van der Waals surface area contributed by atoms with Gasteiger partial charge in [-0.3, -0.25) is 0 Å². The maximum absolute atomic E-state index is 10.8. The zero-order valence-electron chi connectivity index (χ0n) is 9.54. The summed E-state index contributed by atoms with van der Waals surface area (Å²) in [5.41, 5.74) is 3.02. The van der Waals surface area contributed by atoms with E-state index in [2.05, 4.69) is 4.98 Å². The van der Waals surface area contributed by atoms with Crippen LogP contribution in [0.2, 0.25) is 5.15 Å². The zero-order chi connectivity index (χ0) is 12.6. The Bertz CT molecular complexity index is 626. The van der Waals surface area contributed by atoms with Crippen LogP contribution in [0, 0.1) is 6.92 Å². The van der Waals surface area contributed by atoms with Gasteiger partial charge in [0.2, 0.25) is 0 Å². The van der Waals surface area contributed by atoms with Crippen molar-refractivity contribution in [3.63, 3.8) is 0 Å². The molecular formula is C13H12ClNO2. The fourth-order valence-corrected chi connectivity index (χ4v) is 1.98. The number of aryl methyl sites for hydroxylation is 1. The summed E-state index contributed by atoms with van der Waals surface area (Å²) >= 11 is 6.08. The largest absolute Gasteiger partial charge is 0.478 e. The number of carboxylic acids is 1. The molecule has 0 aliphatic rings. The van der Waals surface area contributed by atoms with E-state index in [9.17, 15) is 4.79 Å². The highest BCUT2D eigenvalue weighted by atomic mass is 35.5. The quantitative estimate of drug-likeness (QED) is 0.799. The molecule has 1 heterocycles. The topological polar surface area (TPSA) is 53.1 Å². The van der Waals surface area contributed by atoms with E-state index in [0.717, 1.165) is 22.0 Å². The van der Waals surface area contributed by atoms with Crippen molar-refractivity contribution in [2.24, 2.45) is 0 Å². The van der Waals surface area contributed by atoms with Crippen molar-refractivity contribution in [2.75, 3.05) is 0 Å². The third-order valence-electron chi connectivity index (χ3n) is 2.64. The van der Waals surface area contributed by atoms with Crippen molar-refractivity contribution in [1.82, 2.24) is 4.98 Å². The van der Waals surface area contributed by atoms with Gasteiger partial charge in [-0.25, -0.2) is 4.79 Å². The normalized spacial score (nSPS) is 12.1. The summed E-state index contributed by atoms with van der Waals surface area (Å²) < 4.78 is 0. The summed E-state index contributed by atoms with van der Waals surface area (Å²) in [4.78, 5) is 13.8. The van der Waals surface area contributed by atoms with Gasteiger partial charge in [0.05, 0.1) is 0 Å². The van der Waals surface area contributed by atoms with Crippen LogP contribution in [0.3, 0.4) is 0 Å². The molecule has 0 amide bonds. The number of hydrogen-bond donors (Lipinski definition) is 2. The number of halogens is 1.